The van der Waals surface area contributed by atoms with Crippen LogP contribution in [0.25, 0.3) is 16.7 Å². The summed E-state index contributed by atoms with van der Waals surface area (Å²) in [7, 11) is -3.31. The third-order valence-electron chi connectivity index (χ3n) is 3.72. The summed E-state index contributed by atoms with van der Waals surface area (Å²) in [6.07, 6.45) is 0. The number of imidazole rings is 1. The first-order valence-corrected chi connectivity index (χ1v) is 8.12. The van der Waals surface area contributed by atoms with E-state index in [0.29, 0.717) is 5.56 Å². The molecule has 2 heterocycles. The molecular formula is C14H13N3O6S. The number of fused-ring (bicyclic) bond motifs is 3. The highest BCUT2D eigenvalue weighted by atomic mass is 32.2. The Morgan fingerprint density at radius 1 is 1.33 bits per heavy atom. The van der Waals surface area contributed by atoms with Crippen molar-refractivity contribution < 1.29 is 22.5 Å². The number of H-pyrrole nitrogens is 1. The summed E-state index contributed by atoms with van der Waals surface area (Å²) >= 11 is 0. The normalized spacial score (nSPS) is 12.0. The summed E-state index contributed by atoms with van der Waals surface area (Å²) in [5.41, 5.74) is 6.07. The van der Waals surface area contributed by atoms with Crippen LogP contribution in [-0.4, -0.2) is 35.4 Å². The van der Waals surface area contributed by atoms with Gasteiger partial charge in [-0.2, -0.15) is 8.42 Å². The lowest BCUT2D eigenvalue weighted by atomic mass is 10.1. The Balaban J connectivity index is 2.58. The van der Waals surface area contributed by atoms with Crippen molar-refractivity contribution in [3.63, 3.8) is 0 Å². The number of rotatable bonds is 3. The molecule has 0 bridgehead atoms. The number of nitrogens with zero attached hydrogens (tertiary/aromatic N) is 1. The average molecular weight is 351 g/mol. The Hall–Kier alpha value is -2.85. The van der Waals surface area contributed by atoms with E-state index in [0.717, 1.165) is 6.07 Å². The van der Waals surface area contributed by atoms with E-state index >= 15 is 0 Å². The van der Waals surface area contributed by atoms with Crippen LogP contribution in [0, 0.1) is 6.92 Å². The predicted octanol–water partition coefficient (Wildman–Crippen LogP) is 0.443. The van der Waals surface area contributed by atoms with Gasteiger partial charge in [0.1, 0.15) is 16.3 Å². The van der Waals surface area contributed by atoms with Crippen LogP contribution in [0.2, 0.25) is 0 Å². The van der Waals surface area contributed by atoms with Crippen LogP contribution in [0.15, 0.2) is 27.9 Å². The molecule has 0 radical (unpaired) electrons. The molecule has 1 amide bonds. The molecule has 0 spiro atoms. The van der Waals surface area contributed by atoms with Gasteiger partial charge < -0.3 is 15.5 Å². The van der Waals surface area contributed by atoms with Crippen molar-refractivity contribution in [2.24, 2.45) is 5.73 Å². The fraction of sp³-hybridized carbons (Fsp3) is 0.143. The van der Waals surface area contributed by atoms with Crippen LogP contribution in [0.1, 0.15) is 15.9 Å². The van der Waals surface area contributed by atoms with Crippen molar-refractivity contribution in [3.05, 3.63) is 39.7 Å². The molecule has 2 aromatic heterocycles. The fourth-order valence-electron chi connectivity index (χ4n) is 2.72. The van der Waals surface area contributed by atoms with Gasteiger partial charge in [-0.25, -0.2) is 0 Å². The van der Waals surface area contributed by atoms with Gasteiger partial charge >= 0.3 is 0 Å². The highest BCUT2D eigenvalue weighted by molar-refractivity contribution is 7.86. The Morgan fingerprint density at radius 3 is 2.54 bits per heavy atom. The molecular weight excluding hydrogens is 338 g/mol. The van der Waals surface area contributed by atoms with Gasteiger partial charge in [-0.3, -0.25) is 18.5 Å². The van der Waals surface area contributed by atoms with Crippen molar-refractivity contribution in [3.8, 4) is 5.75 Å². The lowest BCUT2D eigenvalue weighted by molar-refractivity contribution is 0.100. The topological polar surface area (TPSA) is 144 Å². The molecule has 0 aliphatic carbocycles. The van der Waals surface area contributed by atoms with Crippen LogP contribution in [0.3, 0.4) is 0 Å². The number of hydrogen-bond donors (Lipinski definition) is 3. The fourth-order valence-corrected chi connectivity index (χ4v) is 3.39. The zero-order chi connectivity index (χ0) is 17.8. The van der Waals surface area contributed by atoms with Crippen molar-refractivity contribution in [2.75, 3.05) is 7.11 Å². The molecule has 0 fully saturated rings. The second-order valence-corrected chi connectivity index (χ2v) is 6.60. The molecule has 0 saturated carbocycles. The number of carbonyl (C=O) groups is 1. The van der Waals surface area contributed by atoms with Crippen LogP contribution >= 0.6 is 0 Å². The molecule has 3 aromatic rings. The molecule has 4 N–H and O–H groups in total. The number of amides is 1. The molecule has 10 heteroatoms. The molecule has 0 unspecified atom stereocenters. The Labute approximate surface area is 135 Å². The van der Waals surface area contributed by atoms with Gasteiger partial charge in [-0.15, -0.1) is 0 Å². The van der Waals surface area contributed by atoms with E-state index in [1.165, 1.54) is 23.6 Å². The minimum atomic E-state index is -4.54. The van der Waals surface area contributed by atoms with Gasteiger partial charge in [-0.05, 0) is 18.6 Å². The Bertz CT molecular complexity index is 1170. The number of methoxy groups -OCH3 is 1. The Morgan fingerprint density at radius 2 is 2.00 bits per heavy atom. The smallest absolute Gasteiger partial charge is 0.298 e. The number of primary amides is 1. The van der Waals surface area contributed by atoms with E-state index in [4.69, 9.17) is 10.5 Å². The van der Waals surface area contributed by atoms with Gasteiger partial charge in [0.2, 0.25) is 0 Å². The average Bonchev–Trinajstić information content (AvgIpc) is 2.82. The molecule has 126 valence electrons. The maximum atomic E-state index is 12.3. The third-order valence-corrected chi connectivity index (χ3v) is 4.59. The van der Waals surface area contributed by atoms with E-state index in [2.05, 4.69) is 4.98 Å². The van der Waals surface area contributed by atoms with Gasteiger partial charge in [0.25, 0.3) is 21.6 Å². The SMILES string of the molecule is COc1cc2c(cc1S(=O)(=O)O)[nH]c1c(C(N)=O)c(C)cc(=O)n12. The lowest BCUT2D eigenvalue weighted by Gasteiger charge is -2.06. The van der Waals surface area contributed by atoms with Crippen molar-refractivity contribution in [1.82, 2.24) is 9.38 Å². The van der Waals surface area contributed by atoms with E-state index < -0.39 is 26.5 Å². The number of nitrogens with two attached hydrogens (primary N) is 1. The number of nitrogens with one attached hydrogen (secondary N) is 1. The van der Waals surface area contributed by atoms with Gasteiger partial charge in [-0.1, -0.05) is 0 Å². The number of pyridine rings is 1. The maximum absolute atomic E-state index is 12.3. The Kier molecular flexibility index (Phi) is 3.39. The minimum absolute atomic E-state index is 0.109. The summed E-state index contributed by atoms with van der Waals surface area (Å²) < 4.78 is 38.5. The zero-order valence-electron chi connectivity index (χ0n) is 12.7. The summed E-state index contributed by atoms with van der Waals surface area (Å²) in [5, 5.41) is 0. The number of aromatic nitrogens is 2. The van der Waals surface area contributed by atoms with Crippen molar-refractivity contribution in [2.45, 2.75) is 11.8 Å². The van der Waals surface area contributed by atoms with Crippen molar-refractivity contribution >= 4 is 32.7 Å². The number of hydrogen-bond acceptors (Lipinski definition) is 5. The molecule has 24 heavy (non-hydrogen) atoms. The van der Waals surface area contributed by atoms with E-state index in [1.807, 2.05) is 0 Å². The molecule has 0 saturated heterocycles. The first-order chi connectivity index (χ1) is 11.1. The number of ether oxygens (including phenoxy) is 1. The molecule has 0 atom stereocenters. The number of aryl methyl sites for hydroxylation is 1. The monoisotopic (exact) mass is 351 g/mol. The van der Waals surface area contributed by atoms with E-state index in [-0.39, 0.29) is 28.0 Å². The summed E-state index contributed by atoms with van der Waals surface area (Å²) in [6.45, 7) is 1.57. The standard InChI is InChI=1S/C14H13N3O6S/c1-6-3-11(18)17-8-5-9(23-2)10(24(20,21)22)4-7(8)16-14(17)12(6)13(15)19/h3-5,16H,1-2H3,(H2,15,19)(H,20,21,22). The van der Waals surface area contributed by atoms with Crippen molar-refractivity contribution in [1.29, 1.82) is 0 Å². The highest BCUT2D eigenvalue weighted by Gasteiger charge is 2.22. The van der Waals surface area contributed by atoms with Crippen LogP contribution in [-0.2, 0) is 10.1 Å². The van der Waals surface area contributed by atoms with Crippen LogP contribution in [0.4, 0.5) is 0 Å². The van der Waals surface area contributed by atoms with Crippen LogP contribution in [0.5, 0.6) is 5.75 Å². The molecule has 9 nitrogen and oxygen atoms in total. The molecule has 0 aliphatic rings. The largest absolute Gasteiger partial charge is 0.495 e. The first kappa shape index (κ1) is 16.0. The lowest BCUT2D eigenvalue weighted by Crippen LogP contribution is -2.20. The number of aromatic amines is 1. The predicted molar refractivity (Wildman–Crippen MR) is 85.1 cm³/mol. The number of carbonyl (C=O) groups excluding carboxylic acids is 1. The molecule has 1 aromatic carbocycles. The third kappa shape index (κ3) is 2.23. The van der Waals surface area contributed by atoms with E-state index in [1.54, 1.807) is 6.92 Å². The quantitative estimate of drug-likeness (QED) is 0.584. The molecule has 3 rings (SSSR count). The zero-order valence-corrected chi connectivity index (χ0v) is 13.5. The first-order valence-electron chi connectivity index (χ1n) is 6.68. The van der Waals surface area contributed by atoms with Gasteiger partial charge in [0.05, 0.1) is 23.7 Å². The molecule has 0 aliphatic heterocycles. The summed E-state index contributed by atoms with van der Waals surface area (Å²) in [4.78, 5) is 26.4. The second kappa shape index (κ2) is 5.08. The van der Waals surface area contributed by atoms with Gasteiger partial charge in [0.15, 0.2) is 0 Å². The second-order valence-electron chi connectivity index (χ2n) is 5.21. The van der Waals surface area contributed by atoms with Gasteiger partial charge in [0, 0.05) is 12.1 Å². The highest BCUT2D eigenvalue weighted by Crippen LogP contribution is 2.30. The summed E-state index contributed by atoms with van der Waals surface area (Å²) in [6, 6.07) is 3.66. The van der Waals surface area contributed by atoms with Crippen LogP contribution < -0.4 is 16.0 Å². The summed E-state index contributed by atoms with van der Waals surface area (Å²) in [5.74, 6) is -0.877. The maximum Gasteiger partial charge on any atom is 0.298 e. The van der Waals surface area contributed by atoms with E-state index in [9.17, 15) is 22.6 Å². The minimum Gasteiger partial charge on any atom is -0.495 e. The number of benzene rings is 1.